The Morgan fingerprint density at radius 1 is 0.909 bits per heavy atom. The molecule has 11 heavy (non-hydrogen) atoms. The predicted octanol–water partition coefficient (Wildman–Crippen LogP) is 2.45. The number of hydrogen-bond donors (Lipinski definition) is 1. The van der Waals surface area contributed by atoms with Crippen molar-refractivity contribution < 1.29 is 0 Å². The van der Waals surface area contributed by atoms with Gasteiger partial charge < -0.3 is 5.73 Å². The van der Waals surface area contributed by atoms with Gasteiger partial charge in [0.25, 0.3) is 0 Å². The average Bonchev–Trinajstić information content (AvgIpc) is 2.36. The summed E-state index contributed by atoms with van der Waals surface area (Å²) in [5.41, 5.74) is 6.75. The summed E-state index contributed by atoms with van der Waals surface area (Å²) in [5.74, 6) is 0. The van der Waals surface area contributed by atoms with Crippen LogP contribution in [0.3, 0.4) is 0 Å². The minimum absolute atomic E-state index is 0.544. The predicted molar refractivity (Wildman–Crippen MR) is 47.3 cm³/mol. The van der Waals surface area contributed by atoms with E-state index in [1.165, 1.54) is 51.4 Å². The summed E-state index contributed by atoms with van der Waals surface area (Å²) in [6.45, 7) is 0. The van der Waals surface area contributed by atoms with E-state index in [2.05, 4.69) is 0 Å². The third kappa shape index (κ3) is 1.20. The van der Waals surface area contributed by atoms with Crippen molar-refractivity contribution in [2.75, 3.05) is 0 Å². The van der Waals surface area contributed by atoms with Crippen LogP contribution in [0.4, 0.5) is 0 Å². The first-order valence-electron chi connectivity index (χ1n) is 5.09. The molecule has 2 saturated carbocycles. The Kier molecular flexibility index (Phi) is 1.92. The van der Waals surface area contributed by atoms with Gasteiger partial charge in [0, 0.05) is 6.04 Å². The summed E-state index contributed by atoms with van der Waals surface area (Å²) in [4.78, 5) is 0. The zero-order valence-corrected chi connectivity index (χ0v) is 7.31. The molecular weight excluding hydrogens is 134 g/mol. The van der Waals surface area contributed by atoms with Gasteiger partial charge in [-0.2, -0.15) is 0 Å². The van der Waals surface area contributed by atoms with Gasteiger partial charge in [-0.25, -0.2) is 0 Å². The minimum Gasteiger partial charge on any atom is -0.327 e. The lowest BCUT2D eigenvalue weighted by atomic mass is 9.71. The van der Waals surface area contributed by atoms with E-state index >= 15 is 0 Å². The van der Waals surface area contributed by atoms with Gasteiger partial charge in [-0.3, -0.25) is 0 Å². The van der Waals surface area contributed by atoms with E-state index in [0.29, 0.717) is 11.5 Å². The summed E-state index contributed by atoms with van der Waals surface area (Å²) in [5, 5.41) is 0. The van der Waals surface area contributed by atoms with Crippen LogP contribution < -0.4 is 5.73 Å². The Labute approximate surface area is 69.4 Å². The summed E-state index contributed by atoms with van der Waals surface area (Å²) in [6.07, 6.45) is 11.3. The van der Waals surface area contributed by atoms with Crippen molar-refractivity contribution >= 4 is 0 Å². The van der Waals surface area contributed by atoms with Gasteiger partial charge in [0.1, 0.15) is 0 Å². The highest BCUT2D eigenvalue weighted by atomic mass is 14.7. The molecule has 0 aromatic carbocycles. The lowest BCUT2D eigenvalue weighted by Gasteiger charge is -2.37. The van der Waals surface area contributed by atoms with E-state index in [1.54, 1.807) is 0 Å². The van der Waals surface area contributed by atoms with Gasteiger partial charge >= 0.3 is 0 Å². The first-order chi connectivity index (χ1) is 5.33. The minimum atomic E-state index is 0.544. The van der Waals surface area contributed by atoms with Crippen LogP contribution in [0, 0.1) is 5.41 Å². The standard InChI is InChI=1S/C10H19N/c11-9-5-4-8-10(9)6-2-1-3-7-10/h9H,1-8,11H2/t9-/m0/s1. The molecule has 0 amide bonds. The maximum absolute atomic E-state index is 6.14. The van der Waals surface area contributed by atoms with E-state index in [4.69, 9.17) is 5.73 Å². The number of rotatable bonds is 0. The van der Waals surface area contributed by atoms with Crippen molar-refractivity contribution in [3.05, 3.63) is 0 Å². The van der Waals surface area contributed by atoms with Gasteiger partial charge in [-0.15, -0.1) is 0 Å². The van der Waals surface area contributed by atoms with Crippen molar-refractivity contribution in [1.29, 1.82) is 0 Å². The van der Waals surface area contributed by atoms with Crippen molar-refractivity contribution in [3.63, 3.8) is 0 Å². The fourth-order valence-electron chi connectivity index (χ4n) is 3.04. The first-order valence-corrected chi connectivity index (χ1v) is 5.09. The van der Waals surface area contributed by atoms with Crippen molar-refractivity contribution in [2.45, 2.75) is 57.4 Å². The Balaban J connectivity index is 2.06. The highest BCUT2D eigenvalue weighted by Gasteiger charge is 2.40. The van der Waals surface area contributed by atoms with Gasteiger partial charge in [0.05, 0.1) is 0 Å². The van der Waals surface area contributed by atoms with Crippen LogP contribution in [0.25, 0.3) is 0 Å². The van der Waals surface area contributed by atoms with Crippen LogP contribution in [-0.2, 0) is 0 Å². The monoisotopic (exact) mass is 153 g/mol. The molecule has 0 saturated heterocycles. The van der Waals surface area contributed by atoms with E-state index in [-0.39, 0.29) is 0 Å². The fraction of sp³-hybridized carbons (Fsp3) is 1.00. The normalized spacial score (nSPS) is 36.3. The first kappa shape index (κ1) is 7.60. The van der Waals surface area contributed by atoms with Crippen LogP contribution in [0.1, 0.15) is 51.4 Å². The molecule has 2 aliphatic carbocycles. The highest BCUT2D eigenvalue weighted by Crippen LogP contribution is 2.47. The molecule has 0 bridgehead atoms. The molecule has 64 valence electrons. The van der Waals surface area contributed by atoms with E-state index in [9.17, 15) is 0 Å². The largest absolute Gasteiger partial charge is 0.327 e. The van der Waals surface area contributed by atoms with Crippen LogP contribution >= 0.6 is 0 Å². The summed E-state index contributed by atoms with van der Waals surface area (Å²) in [6, 6.07) is 0.544. The SMILES string of the molecule is N[C@H]1CCCC12CCCCC2. The molecule has 2 aliphatic rings. The van der Waals surface area contributed by atoms with Crippen molar-refractivity contribution in [3.8, 4) is 0 Å². The highest BCUT2D eigenvalue weighted by molar-refractivity contribution is 4.95. The van der Waals surface area contributed by atoms with Crippen molar-refractivity contribution in [2.24, 2.45) is 11.1 Å². The van der Waals surface area contributed by atoms with Crippen molar-refractivity contribution in [1.82, 2.24) is 0 Å². The second-order valence-electron chi connectivity index (χ2n) is 4.42. The Bertz CT molecular complexity index is 136. The Morgan fingerprint density at radius 2 is 1.55 bits per heavy atom. The number of nitrogens with two attached hydrogens (primary N) is 1. The van der Waals surface area contributed by atoms with Gasteiger partial charge in [0.2, 0.25) is 0 Å². The van der Waals surface area contributed by atoms with Gasteiger partial charge in [-0.1, -0.05) is 25.7 Å². The van der Waals surface area contributed by atoms with E-state index in [0.717, 1.165) is 0 Å². The van der Waals surface area contributed by atoms with Gasteiger partial charge in [0.15, 0.2) is 0 Å². The molecule has 0 aromatic rings. The van der Waals surface area contributed by atoms with Crippen LogP contribution in [0.2, 0.25) is 0 Å². The van der Waals surface area contributed by atoms with Crippen LogP contribution in [0.15, 0.2) is 0 Å². The average molecular weight is 153 g/mol. The summed E-state index contributed by atoms with van der Waals surface area (Å²) in [7, 11) is 0. The summed E-state index contributed by atoms with van der Waals surface area (Å²) < 4.78 is 0. The maximum Gasteiger partial charge on any atom is 0.00955 e. The third-order valence-corrected chi connectivity index (χ3v) is 3.83. The Morgan fingerprint density at radius 3 is 2.09 bits per heavy atom. The molecule has 0 aromatic heterocycles. The molecule has 2 rings (SSSR count). The van der Waals surface area contributed by atoms with E-state index in [1.807, 2.05) is 0 Å². The molecule has 0 unspecified atom stereocenters. The fourth-order valence-corrected chi connectivity index (χ4v) is 3.04. The molecule has 2 fully saturated rings. The molecule has 1 spiro atoms. The van der Waals surface area contributed by atoms with E-state index < -0.39 is 0 Å². The lowest BCUT2D eigenvalue weighted by molar-refractivity contribution is 0.172. The zero-order chi connectivity index (χ0) is 7.73. The molecule has 0 radical (unpaired) electrons. The number of hydrogen-bond acceptors (Lipinski definition) is 1. The smallest absolute Gasteiger partial charge is 0.00955 e. The Hall–Kier alpha value is -0.0400. The molecule has 0 aliphatic heterocycles. The molecule has 1 atom stereocenters. The van der Waals surface area contributed by atoms with Crippen LogP contribution in [0.5, 0.6) is 0 Å². The second-order valence-corrected chi connectivity index (χ2v) is 4.42. The molecule has 1 nitrogen and oxygen atoms in total. The lowest BCUT2D eigenvalue weighted by Crippen LogP contribution is -2.38. The third-order valence-electron chi connectivity index (χ3n) is 3.83. The second kappa shape index (κ2) is 2.78. The molecule has 0 heterocycles. The zero-order valence-electron chi connectivity index (χ0n) is 7.31. The van der Waals surface area contributed by atoms with Crippen LogP contribution in [-0.4, -0.2) is 6.04 Å². The molecular formula is C10H19N. The summed E-state index contributed by atoms with van der Waals surface area (Å²) >= 11 is 0. The van der Waals surface area contributed by atoms with Gasteiger partial charge in [-0.05, 0) is 31.1 Å². The topological polar surface area (TPSA) is 26.0 Å². The molecule has 2 N–H and O–H groups in total. The molecule has 1 heteroatoms. The maximum atomic E-state index is 6.14. The quantitative estimate of drug-likeness (QED) is 0.568.